The van der Waals surface area contributed by atoms with Crippen molar-refractivity contribution in [3.8, 4) is 0 Å². The maximum atomic E-state index is 11.8. The molecule has 1 atom stereocenters. The molecule has 0 aromatic heterocycles. The molecule has 0 aliphatic rings. The van der Waals surface area contributed by atoms with E-state index in [0.29, 0.717) is 59.1 Å². The second-order valence-electron chi connectivity index (χ2n) is 7.52. The number of ether oxygens (including phenoxy) is 3. The lowest BCUT2D eigenvalue weighted by molar-refractivity contribution is -0.126. The van der Waals surface area contributed by atoms with Gasteiger partial charge in [-0.05, 0) is 19.3 Å². The molecule has 0 fully saturated rings. The molecule has 10 nitrogen and oxygen atoms in total. The van der Waals surface area contributed by atoms with E-state index in [0.717, 1.165) is 25.7 Å². The standard InChI is InChI=1S/C22H43N3O7/c1-3-6-20(27)24-11-13-31-15-16-32-14-12-25-22(29)9-8-21(28)23-10-5-4-7-19(17-26)18-30-2/h19,26H,3-18H2,1-2H3,(H,23,28)(H,24,27)(H,25,29). The molecule has 32 heavy (non-hydrogen) atoms. The second-order valence-corrected chi connectivity index (χ2v) is 7.52. The minimum absolute atomic E-state index is 0.0335. The molecule has 10 heteroatoms. The molecule has 0 spiro atoms. The number of carbonyl (C=O) groups is 3. The van der Waals surface area contributed by atoms with Crippen molar-refractivity contribution < 1.29 is 33.7 Å². The van der Waals surface area contributed by atoms with Gasteiger partial charge in [0, 0.05) is 58.5 Å². The molecule has 0 rings (SSSR count). The van der Waals surface area contributed by atoms with Crippen LogP contribution in [-0.2, 0) is 28.6 Å². The number of hydrogen-bond donors (Lipinski definition) is 4. The molecule has 0 aliphatic heterocycles. The van der Waals surface area contributed by atoms with Crippen LogP contribution in [0.4, 0.5) is 0 Å². The molecule has 0 saturated carbocycles. The largest absolute Gasteiger partial charge is 0.396 e. The van der Waals surface area contributed by atoms with Gasteiger partial charge in [0.25, 0.3) is 0 Å². The normalized spacial score (nSPS) is 11.7. The van der Waals surface area contributed by atoms with Crippen LogP contribution in [0, 0.1) is 5.92 Å². The zero-order valence-corrected chi connectivity index (χ0v) is 19.8. The lowest BCUT2D eigenvalue weighted by atomic mass is 10.0. The molecule has 188 valence electrons. The number of rotatable bonds is 22. The molecular weight excluding hydrogens is 418 g/mol. The van der Waals surface area contributed by atoms with Gasteiger partial charge in [0.2, 0.25) is 17.7 Å². The van der Waals surface area contributed by atoms with E-state index in [2.05, 4.69) is 16.0 Å². The molecule has 0 bridgehead atoms. The Bertz CT molecular complexity index is 492. The summed E-state index contributed by atoms with van der Waals surface area (Å²) in [5.74, 6) is -0.157. The van der Waals surface area contributed by atoms with Crippen LogP contribution in [0.5, 0.6) is 0 Å². The highest BCUT2D eigenvalue weighted by Gasteiger charge is 2.08. The van der Waals surface area contributed by atoms with Crippen molar-refractivity contribution in [2.75, 3.05) is 66.4 Å². The maximum Gasteiger partial charge on any atom is 0.220 e. The third-order valence-corrected chi connectivity index (χ3v) is 4.59. The van der Waals surface area contributed by atoms with Gasteiger partial charge in [0.1, 0.15) is 0 Å². The smallest absolute Gasteiger partial charge is 0.220 e. The van der Waals surface area contributed by atoms with Gasteiger partial charge >= 0.3 is 0 Å². The van der Waals surface area contributed by atoms with Gasteiger partial charge in [-0.3, -0.25) is 14.4 Å². The summed E-state index contributed by atoms with van der Waals surface area (Å²) in [6.07, 6.45) is 4.23. The van der Waals surface area contributed by atoms with Crippen molar-refractivity contribution in [2.24, 2.45) is 5.92 Å². The summed E-state index contributed by atoms with van der Waals surface area (Å²) in [5, 5.41) is 17.5. The van der Waals surface area contributed by atoms with E-state index in [9.17, 15) is 19.5 Å². The fourth-order valence-electron chi connectivity index (χ4n) is 2.82. The van der Waals surface area contributed by atoms with Crippen LogP contribution in [0.3, 0.4) is 0 Å². The zero-order chi connectivity index (χ0) is 23.9. The number of methoxy groups -OCH3 is 1. The first-order valence-electron chi connectivity index (χ1n) is 11.6. The van der Waals surface area contributed by atoms with E-state index in [1.807, 2.05) is 6.92 Å². The molecule has 0 radical (unpaired) electrons. The van der Waals surface area contributed by atoms with E-state index in [4.69, 9.17) is 14.2 Å². The van der Waals surface area contributed by atoms with E-state index in [-0.39, 0.29) is 43.1 Å². The first-order chi connectivity index (χ1) is 15.5. The van der Waals surface area contributed by atoms with E-state index in [1.54, 1.807) is 7.11 Å². The number of unbranched alkanes of at least 4 members (excludes halogenated alkanes) is 1. The fraction of sp³-hybridized carbons (Fsp3) is 0.864. The van der Waals surface area contributed by atoms with Crippen LogP contribution in [0.1, 0.15) is 51.9 Å². The Labute approximate surface area is 192 Å². The third-order valence-electron chi connectivity index (χ3n) is 4.59. The molecule has 0 aliphatic carbocycles. The van der Waals surface area contributed by atoms with E-state index >= 15 is 0 Å². The Morgan fingerprint density at radius 2 is 1.31 bits per heavy atom. The Hall–Kier alpha value is -1.75. The molecule has 4 N–H and O–H groups in total. The van der Waals surface area contributed by atoms with Gasteiger partial charge in [-0.1, -0.05) is 13.3 Å². The molecule has 0 heterocycles. The minimum atomic E-state index is -0.187. The molecule has 3 amide bonds. The van der Waals surface area contributed by atoms with Crippen molar-refractivity contribution >= 4 is 17.7 Å². The van der Waals surface area contributed by atoms with Crippen LogP contribution in [0.25, 0.3) is 0 Å². The van der Waals surface area contributed by atoms with Crippen molar-refractivity contribution in [1.29, 1.82) is 0 Å². The van der Waals surface area contributed by atoms with Gasteiger partial charge < -0.3 is 35.3 Å². The topological polar surface area (TPSA) is 135 Å². The van der Waals surface area contributed by atoms with Crippen molar-refractivity contribution in [1.82, 2.24) is 16.0 Å². The lowest BCUT2D eigenvalue weighted by Gasteiger charge is -2.12. The predicted octanol–water partition coefficient (Wildman–Crippen LogP) is 0.374. The van der Waals surface area contributed by atoms with Crippen molar-refractivity contribution in [2.45, 2.75) is 51.9 Å². The fourth-order valence-corrected chi connectivity index (χ4v) is 2.82. The average Bonchev–Trinajstić information content (AvgIpc) is 2.78. The molecule has 0 aromatic rings. The summed E-state index contributed by atoms with van der Waals surface area (Å²) >= 11 is 0. The first kappa shape index (κ1) is 30.2. The number of amides is 3. The summed E-state index contributed by atoms with van der Waals surface area (Å²) in [6.45, 7) is 5.66. The van der Waals surface area contributed by atoms with Gasteiger partial charge in [-0.15, -0.1) is 0 Å². The lowest BCUT2D eigenvalue weighted by Crippen LogP contribution is -2.30. The summed E-state index contributed by atoms with van der Waals surface area (Å²) in [6, 6.07) is 0. The summed E-state index contributed by atoms with van der Waals surface area (Å²) in [7, 11) is 1.61. The number of nitrogens with one attached hydrogen (secondary N) is 3. The van der Waals surface area contributed by atoms with E-state index < -0.39 is 0 Å². The third kappa shape index (κ3) is 20.2. The van der Waals surface area contributed by atoms with Gasteiger partial charge in [0.15, 0.2) is 0 Å². The Balaban J connectivity index is 3.45. The minimum Gasteiger partial charge on any atom is -0.396 e. The number of aliphatic hydroxyl groups is 1. The number of carbonyl (C=O) groups excluding carboxylic acids is 3. The zero-order valence-electron chi connectivity index (χ0n) is 19.8. The number of hydrogen-bond acceptors (Lipinski definition) is 7. The van der Waals surface area contributed by atoms with E-state index in [1.165, 1.54) is 0 Å². The van der Waals surface area contributed by atoms with Crippen LogP contribution in [-0.4, -0.2) is 89.2 Å². The predicted molar refractivity (Wildman–Crippen MR) is 121 cm³/mol. The summed E-state index contributed by atoms with van der Waals surface area (Å²) in [4.78, 5) is 34.8. The number of aliphatic hydroxyl groups excluding tert-OH is 1. The SMILES string of the molecule is CCCC(=O)NCCOCCOCCNC(=O)CCC(=O)NCCCCC(CO)COC. The summed E-state index contributed by atoms with van der Waals surface area (Å²) in [5.41, 5.74) is 0. The molecular formula is C22H43N3O7. The summed E-state index contributed by atoms with van der Waals surface area (Å²) < 4.78 is 15.7. The van der Waals surface area contributed by atoms with Gasteiger partial charge in [-0.25, -0.2) is 0 Å². The van der Waals surface area contributed by atoms with Gasteiger partial charge in [0.05, 0.1) is 33.0 Å². The van der Waals surface area contributed by atoms with Crippen LogP contribution in [0.15, 0.2) is 0 Å². The van der Waals surface area contributed by atoms with Crippen LogP contribution in [0.2, 0.25) is 0 Å². The van der Waals surface area contributed by atoms with Crippen LogP contribution >= 0.6 is 0 Å². The average molecular weight is 462 g/mol. The highest BCUT2D eigenvalue weighted by Crippen LogP contribution is 2.07. The monoisotopic (exact) mass is 461 g/mol. The Kier molecular flexibility index (Phi) is 21.2. The Morgan fingerprint density at radius 1 is 0.781 bits per heavy atom. The Morgan fingerprint density at radius 3 is 1.81 bits per heavy atom. The van der Waals surface area contributed by atoms with Gasteiger partial charge in [-0.2, -0.15) is 0 Å². The molecule has 0 saturated heterocycles. The van der Waals surface area contributed by atoms with Crippen molar-refractivity contribution in [3.05, 3.63) is 0 Å². The highest BCUT2D eigenvalue weighted by atomic mass is 16.5. The van der Waals surface area contributed by atoms with Crippen LogP contribution < -0.4 is 16.0 Å². The molecule has 0 aromatic carbocycles. The highest BCUT2D eigenvalue weighted by molar-refractivity contribution is 5.83. The quantitative estimate of drug-likeness (QED) is 0.171. The van der Waals surface area contributed by atoms with Crippen molar-refractivity contribution in [3.63, 3.8) is 0 Å². The molecule has 1 unspecified atom stereocenters. The first-order valence-corrected chi connectivity index (χ1v) is 11.6. The second kappa shape index (κ2) is 22.4. The maximum absolute atomic E-state index is 11.8.